The predicted octanol–water partition coefficient (Wildman–Crippen LogP) is 6.34. The highest BCUT2D eigenvalue weighted by Gasteiger charge is 2.27. The van der Waals surface area contributed by atoms with Crippen LogP contribution in [0.15, 0.2) is 30.5 Å². The second-order valence-corrected chi connectivity index (χ2v) is 9.47. The smallest absolute Gasteiger partial charge is 0.130 e. The molecule has 1 aliphatic heterocycles. The van der Waals surface area contributed by atoms with Gasteiger partial charge in [0, 0.05) is 32.2 Å². The summed E-state index contributed by atoms with van der Waals surface area (Å²) in [6.45, 7) is 9.98. The van der Waals surface area contributed by atoms with Gasteiger partial charge in [0.25, 0.3) is 0 Å². The molecule has 5 nitrogen and oxygen atoms in total. The van der Waals surface area contributed by atoms with Crippen LogP contribution in [0.5, 0.6) is 0 Å². The molecule has 7 heteroatoms. The number of nitrogens with one attached hydrogen (secondary N) is 1. The van der Waals surface area contributed by atoms with Gasteiger partial charge in [-0.2, -0.15) is 0 Å². The van der Waals surface area contributed by atoms with Gasteiger partial charge in [0.2, 0.25) is 0 Å². The van der Waals surface area contributed by atoms with Gasteiger partial charge in [0.15, 0.2) is 0 Å². The molecule has 1 atom stereocenters. The Morgan fingerprint density at radius 3 is 2.59 bits per heavy atom. The second-order valence-electron chi connectivity index (χ2n) is 9.08. The highest BCUT2D eigenvalue weighted by atomic mass is 35.5. The van der Waals surface area contributed by atoms with Crippen molar-refractivity contribution in [3.8, 4) is 0 Å². The van der Waals surface area contributed by atoms with Crippen molar-refractivity contribution in [1.82, 2.24) is 4.98 Å². The molecule has 0 spiro atoms. The SMILES string of the molecule is CC(=O)C[C@@H](C)c1cc(Nc2ccc(Cl)nc2)c(N(CC(C)C)C2CCOCC2)cc1F. The number of anilines is 3. The summed E-state index contributed by atoms with van der Waals surface area (Å²) >= 11 is 5.95. The minimum atomic E-state index is -0.283. The number of ether oxygens (including phenoxy) is 1. The van der Waals surface area contributed by atoms with Crippen LogP contribution in [0.1, 0.15) is 58.4 Å². The minimum absolute atomic E-state index is 0.0426. The first kappa shape index (κ1) is 24.5. The molecule has 0 radical (unpaired) electrons. The number of hydrogen-bond donors (Lipinski definition) is 1. The molecule has 1 N–H and O–H groups in total. The van der Waals surface area contributed by atoms with Gasteiger partial charge < -0.3 is 19.7 Å². The lowest BCUT2D eigenvalue weighted by Gasteiger charge is -2.38. The number of Topliss-reactive ketones (excluding diaryl/α,β-unsaturated/α-hetero) is 1. The standard InChI is InChI=1S/C25H33ClFN3O2/c1-16(2)15-30(20-7-9-32-10-8-20)24-13-22(27)21(17(3)11-18(4)31)12-23(24)29-19-5-6-25(26)28-14-19/h5-6,12-14,16-17,20,29H,7-11,15H2,1-4H3/t17-/m1/s1. The first-order chi connectivity index (χ1) is 15.2. The Morgan fingerprint density at radius 2 is 2.00 bits per heavy atom. The van der Waals surface area contributed by atoms with Gasteiger partial charge in [-0.15, -0.1) is 0 Å². The molecule has 2 heterocycles. The first-order valence-corrected chi connectivity index (χ1v) is 11.7. The number of pyridine rings is 1. The van der Waals surface area contributed by atoms with Crippen LogP contribution in [0.25, 0.3) is 0 Å². The summed E-state index contributed by atoms with van der Waals surface area (Å²) in [5.41, 5.74) is 2.92. The fourth-order valence-corrected chi connectivity index (χ4v) is 4.39. The summed E-state index contributed by atoms with van der Waals surface area (Å²) in [7, 11) is 0. The summed E-state index contributed by atoms with van der Waals surface area (Å²) in [6, 6.07) is 7.31. The van der Waals surface area contributed by atoms with Crippen LogP contribution in [0, 0.1) is 11.7 Å². The molecule has 174 valence electrons. The van der Waals surface area contributed by atoms with Gasteiger partial charge in [-0.05, 0) is 61.4 Å². The second kappa shape index (κ2) is 11.1. The molecule has 0 saturated carbocycles. The molecule has 1 aromatic heterocycles. The molecule has 0 unspecified atom stereocenters. The average Bonchev–Trinajstić information content (AvgIpc) is 2.74. The number of benzene rings is 1. The van der Waals surface area contributed by atoms with E-state index in [0.29, 0.717) is 36.3 Å². The van der Waals surface area contributed by atoms with E-state index in [-0.39, 0.29) is 23.6 Å². The van der Waals surface area contributed by atoms with Crippen molar-refractivity contribution in [1.29, 1.82) is 0 Å². The van der Waals surface area contributed by atoms with Crippen LogP contribution < -0.4 is 10.2 Å². The van der Waals surface area contributed by atoms with E-state index in [1.165, 1.54) is 6.92 Å². The largest absolute Gasteiger partial charge is 0.381 e. The van der Waals surface area contributed by atoms with Crippen molar-refractivity contribution in [2.45, 2.75) is 58.9 Å². The number of halogens is 2. The van der Waals surface area contributed by atoms with Gasteiger partial charge in [-0.1, -0.05) is 32.4 Å². The fraction of sp³-hybridized carbons (Fsp3) is 0.520. The van der Waals surface area contributed by atoms with Gasteiger partial charge in [-0.3, -0.25) is 0 Å². The van der Waals surface area contributed by atoms with Crippen molar-refractivity contribution < 1.29 is 13.9 Å². The van der Waals surface area contributed by atoms with E-state index in [9.17, 15) is 4.79 Å². The molecule has 1 fully saturated rings. The molecule has 0 bridgehead atoms. The van der Waals surface area contributed by atoms with Crippen LogP contribution in [0.3, 0.4) is 0 Å². The molecule has 3 rings (SSSR count). The van der Waals surface area contributed by atoms with Gasteiger partial charge >= 0.3 is 0 Å². The Labute approximate surface area is 195 Å². The van der Waals surface area contributed by atoms with E-state index in [4.69, 9.17) is 16.3 Å². The zero-order valence-electron chi connectivity index (χ0n) is 19.3. The molecule has 0 aliphatic carbocycles. The van der Waals surface area contributed by atoms with Gasteiger partial charge in [-0.25, -0.2) is 9.37 Å². The van der Waals surface area contributed by atoms with Crippen molar-refractivity contribution in [3.63, 3.8) is 0 Å². The van der Waals surface area contributed by atoms with Gasteiger partial charge in [0.05, 0.1) is 23.3 Å². The molecular weight excluding hydrogens is 429 g/mol. The molecule has 0 amide bonds. The van der Waals surface area contributed by atoms with E-state index in [1.807, 2.05) is 19.1 Å². The van der Waals surface area contributed by atoms with Crippen molar-refractivity contribution in [2.75, 3.05) is 30.0 Å². The number of hydrogen-bond acceptors (Lipinski definition) is 5. The van der Waals surface area contributed by atoms with E-state index in [0.717, 1.165) is 36.4 Å². The molecule has 1 aliphatic rings. The van der Waals surface area contributed by atoms with Crippen molar-refractivity contribution in [3.05, 3.63) is 47.0 Å². The van der Waals surface area contributed by atoms with Crippen LogP contribution >= 0.6 is 11.6 Å². The number of rotatable bonds is 9. The van der Waals surface area contributed by atoms with Crippen LogP contribution in [-0.2, 0) is 9.53 Å². The summed E-state index contributed by atoms with van der Waals surface area (Å²) in [4.78, 5) is 18.1. The maximum absolute atomic E-state index is 15.4. The van der Waals surface area contributed by atoms with Crippen LogP contribution in [-0.4, -0.2) is 36.6 Å². The van der Waals surface area contributed by atoms with E-state index >= 15 is 4.39 Å². The van der Waals surface area contributed by atoms with Crippen molar-refractivity contribution >= 4 is 34.4 Å². The Kier molecular flexibility index (Phi) is 8.49. The fourth-order valence-electron chi connectivity index (χ4n) is 4.28. The monoisotopic (exact) mass is 461 g/mol. The molecule has 2 aromatic rings. The molecule has 1 aromatic carbocycles. The van der Waals surface area contributed by atoms with Crippen LogP contribution in [0.4, 0.5) is 21.5 Å². The molecule has 1 saturated heterocycles. The van der Waals surface area contributed by atoms with Gasteiger partial charge in [0.1, 0.15) is 16.8 Å². The van der Waals surface area contributed by atoms with Crippen LogP contribution in [0.2, 0.25) is 5.15 Å². The zero-order valence-corrected chi connectivity index (χ0v) is 20.1. The Bertz CT molecular complexity index is 914. The first-order valence-electron chi connectivity index (χ1n) is 11.3. The zero-order chi connectivity index (χ0) is 23.3. The summed E-state index contributed by atoms with van der Waals surface area (Å²) in [5, 5.41) is 3.83. The Morgan fingerprint density at radius 1 is 1.28 bits per heavy atom. The normalized spacial score (nSPS) is 15.6. The summed E-state index contributed by atoms with van der Waals surface area (Å²) in [6.07, 6.45) is 3.76. The highest BCUT2D eigenvalue weighted by Crippen LogP contribution is 2.37. The third kappa shape index (κ3) is 6.42. The number of carbonyl (C=O) groups excluding carboxylic acids is 1. The Balaban J connectivity index is 2.07. The molecule has 32 heavy (non-hydrogen) atoms. The third-order valence-corrected chi connectivity index (χ3v) is 5.97. The number of nitrogens with zero attached hydrogens (tertiary/aromatic N) is 2. The van der Waals surface area contributed by atoms with E-state index < -0.39 is 0 Å². The number of aromatic nitrogens is 1. The predicted molar refractivity (Wildman–Crippen MR) is 129 cm³/mol. The number of carbonyl (C=O) groups is 1. The maximum Gasteiger partial charge on any atom is 0.130 e. The average molecular weight is 462 g/mol. The quantitative estimate of drug-likeness (QED) is 0.441. The lowest BCUT2D eigenvalue weighted by Crippen LogP contribution is -2.42. The summed E-state index contributed by atoms with van der Waals surface area (Å²) in [5.74, 6) is -0.0512. The molecular formula is C25H33ClFN3O2. The Hall–Kier alpha value is -2.18. The van der Waals surface area contributed by atoms with E-state index in [2.05, 4.69) is 29.0 Å². The van der Waals surface area contributed by atoms with Crippen molar-refractivity contribution in [2.24, 2.45) is 5.92 Å². The lowest BCUT2D eigenvalue weighted by molar-refractivity contribution is -0.117. The summed E-state index contributed by atoms with van der Waals surface area (Å²) < 4.78 is 20.9. The lowest BCUT2D eigenvalue weighted by atomic mass is 9.93. The highest BCUT2D eigenvalue weighted by molar-refractivity contribution is 6.29. The third-order valence-electron chi connectivity index (χ3n) is 5.75. The maximum atomic E-state index is 15.4. The van der Waals surface area contributed by atoms with E-state index in [1.54, 1.807) is 18.3 Å². The number of ketones is 1. The minimum Gasteiger partial charge on any atom is -0.381 e. The topological polar surface area (TPSA) is 54.5 Å².